The average molecular weight is 196 g/mol. The van der Waals surface area contributed by atoms with Gasteiger partial charge in [0.2, 0.25) is 0 Å². The maximum atomic E-state index is 10.8. The molecule has 1 atom stereocenters. The lowest BCUT2D eigenvalue weighted by atomic mass is 10.1. The summed E-state index contributed by atoms with van der Waals surface area (Å²) in [6.45, 7) is 6.75. The van der Waals surface area contributed by atoms with Crippen LogP contribution >= 0.6 is 0 Å². The summed E-state index contributed by atoms with van der Waals surface area (Å²) in [6.07, 6.45) is 2.46. The van der Waals surface area contributed by atoms with Gasteiger partial charge in [-0.15, -0.1) is 0 Å². The van der Waals surface area contributed by atoms with Crippen molar-refractivity contribution < 1.29 is 9.90 Å². The Morgan fingerprint density at radius 2 is 2.36 bits per heavy atom. The van der Waals surface area contributed by atoms with Gasteiger partial charge in [0.15, 0.2) is 0 Å². The smallest absolute Gasteiger partial charge is 0.354 e. The van der Waals surface area contributed by atoms with Crippen molar-refractivity contribution in [2.24, 2.45) is 5.92 Å². The number of hydrogen-bond acceptors (Lipinski definition) is 2. The van der Waals surface area contributed by atoms with Crippen LogP contribution in [0.25, 0.3) is 0 Å². The fraction of sp³-hybridized carbons (Fsp3) is 0.600. The van der Waals surface area contributed by atoms with Gasteiger partial charge in [-0.3, -0.25) is 0 Å². The van der Waals surface area contributed by atoms with Gasteiger partial charge in [-0.25, -0.2) is 9.78 Å². The van der Waals surface area contributed by atoms with E-state index >= 15 is 0 Å². The molecule has 0 spiro atoms. The number of nitrogens with zero attached hydrogens (tertiary/aromatic N) is 2. The molecule has 0 aromatic carbocycles. The van der Waals surface area contributed by atoms with E-state index in [4.69, 9.17) is 5.11 Å². The van der Waals surface area contributed by atoms with Crippen molar-refractivity contribution in [3.63, 3.8) is 0 Å². The molecule has 0 fully saturated rings. The largest absolute Gasteiger partial charge is 0.477 e. The number of rotatable bonds is 4. The minimum absolute atomic E-state index is 0.280. The van der Waals surface area contributed by atoms with Gasteiger partial charge in [0.05, 0.1) is 6.20 Å². The molecule has 1 N–H and O–H groups in total. The summed E-state index contributed by atoms with van der Waals surface area (Å²) < 4.78 is 1.76. The third-order valence-electron chi connectivity index (χ3n) is 2.47. The van der Waals surface area contributed by atoms with E-state index < -0.39 is 5.97 Å². The zero-order chi connectivity index (χ0) is 10.7. The molecule has 4 heteroatoms. The summed E-state index contributed by atoms with van der Waals surface area (Å²) in [5, 5.41) is 8.90. The minimum atomic E-state index is -0.908. The van der Waals surface area contributed by atoms with Gasteiger partial charge in [0, 0.05) is 6.54 Å². The first-order valence-electron chi connectivity index (χ1n) is 4.81. The maximum Gasteiger partial charge on any atom is 0.354 e. The molecule has 0 aliphatic carbocycles. The number of aromatic carboxylic acids is 1. The molecular formula is C10H16N2O2. The van der Waals surface area contributed by atoms with Crippen LogP contribution in [0.3, 0.4) is 0 Å². The Morgan fingerprint density at radius 3 is 2.86 bits per heavy atom. The molecule has 0 saturated carbocycles. The third-order valence-corrected chi connectivity index (χ3v) is 2.47. The van der Waals surface area contributed by atoms with Crippen molar-refractivity contribution in [2.75, 3.05) is 0 Å². The van der Waals surface area contributed by atoms with E-state index in [0.29, 0.717) is 5.92 Å². The molecule has 1 aromatic rings. The number of imidazole rings is 1. The number of carbonyl (C=O) groups is 1. The van der Waals surface area contributed by atoms with Crippen LogP contribution < -0.4 is 0 Å². The Morgan fingerprint density at radius 1 is 1.71 bits per heavy atom. The van der Waals surface area contributed by atoms with Crippen molar-refractivity contribution in [3.8, 4) is 0 Å². The number of carboxylic acid groups (broad SMARTS) is 1. The molecule has 14 heavy (non-hydrogen) atoms. The van der Waals surface area contributed by atoms with E-state index in [-0.39, 0.29) is 5.69 Å². The SMILES string of the molecule is CCC(C)Cn1c(C(=O)O)cnc1C. The normalized spacial score (nSPS) is 12.8. The first kappa shape index (κ1) is 10.8. The Labute approximate surface area is 83.6 Å². The third kappa shape index (κ3) is 2.13. The number of aromatic nitrogens is 2. The van der Waals surface area contributed by atoms with Crippen LogP contribution in [0.2, 0.25) is 0 Å². The summed E-state index contributed by atoms with van der Waals surface area (Å²) in [4.78, 5) is 14.9. The van der Waals surface area contributed by atoms with E-state index in [9.17, 15) is 4.79 Å². The van der Waals surface area contributed by atoms with Crippen molar-refractivity contribution in [1.29, 1.82) is 0 Å². The van der Waals surface area contributed by atoms with Crippen LogP contribution in [-0.4, -0.2) is 20.6 Å². The topological polar surface area (TPSA) is 55.1 Å². The molecule has 0 aliphatic heterocycles. The van der Waals surface area contributed by atoms with Gasteiger partial charge in [-0.1, -0.05) is 20.3 Å². The van der Waals surface area contributed by atoms with Crippen LogP contribution in [0, 0.1) is 12.8 Å². The van der Waals surface area contributed by atoms with Crippen molar-refractivity contribution in [1.82, 2.24) is 9.55 Å². The van der Waals surface area contributed by atoms with E-state index in [1.165, 1.54) is 6.20 Å². The van der Waals surface area contributed by atoms with Gasteiger partial charge < -0.3 is 9.67 Å². The average Bonchev–Trinajstić information content (AvgIpc) is 2.48. The zero-order valence-corrected chi connectivity index (χ0v) is 8.82. The van der Waals surface area contributed by atoms with Crippen LogP contribution in [0.5, 0.6) is 0 Å². The van der Waals surface area contributed by atoms with Crippen LogP contribution in [0.4, 0.5) is 0 Å². The molecule has 78 valence electrons. The van der Waals surface area contributed by atoms with Crippen molar-refractivity contribution in [2.45, 2.75) is 33.7 Å². The number of aryl methyl sites for hydroxylation is 1. The Kier molecular flexibility index (Phi) is 3.28. The highest BCUT2D eigenvalue weighted by molar-refractivity contribution is 5.85. The Balaban J connectivity index is 2.93. The zero-order valence-electron chi connectivity index (χ0n) is 8.82. The molecule has 4 nitrogen and oxygen atoms in total. The second-order valence-corrected chi connectivity index (χ2v) is 3.62. The minimum Gasteiger partial charge on any atom is -0.477 e. The highest BCUT2D eigenvalue weighted by atomic mass is 16.4. The quantitative estimate of drug-likeness (QED) is 0.800. The summed E-state index contributed by atoms with van der Waals surface area (Å²) in [7, 11) is 0. The summed E-state index contributed by atoms with van der Waals surface area (Å²) in [5.41, 5.74) is 0.280. The second-order valence-electron chi connectivity index (χ2n) is 3.62. The molecule has 0 aliphatic rings. The van der Waals surface area contributed by atoms with Crippen molar-refractivity contribution in [3.05, 3.63) is 17.7 Å². The Hall–Kier alpha value is -1.32. The number of carboxylic acids is 1. The van der Waals surface area contributed by atoms with Gasteiger partial charge in [-0.2, -0.15) is 0 Å². The second kappa shape index (κ2) is 4.26. The summed E-state index contributed by atoms with van der Waals surface area (Å²) >= 11 is 0. The predicted molar refractivity (Wildman–Crippen MR) is 53.4 cm³/mol. The molecule has 1 aromatic heterocycles. The predicted octanol–water partition coefficient (Wildman–Crippen LogP) is 1.94. The first-order valence-corrected chi connectivity index (χ1v) is 4.81. The Bertz CT molecular complexity index is 331. The highest BCUT2D eigenvalue weighted by Gasteiger charge is 2.14. The van der Waals surface area contributed by atoms with Gasteiger partial charge in [0.1, 0.15) is 11.5 Å². The molecule has 1 rings (SSSR count). The van der Waals surface area contributed by atoms with Gasteiger partial charge in [0.25, 0.3) is 0 Å². The molecule has 0 amide bonds. The highest BCUT2D eigenvalue weighted by Crippen LogP contribution is 2.11. The monoisotopic (exact) mass is 196 g/mol. The van der Waals surface area contributed by atoms with Crippen LogP contribution in [0.15, 0.2) is 6.20 Å². The maximum absolute atomic E-state index is 10.8. The molecule has 0 bridgehead atoms. The summed E-state index contributed by atoms with van der Waals surface area (Å²) in [6, 6.07) is 0. The molecule has 0 radical (unpaired) electrons. The molecular weight excluding hydrogens is 180 g/mol. The standard InChI is InChI=1S/C10H16N2O2/c1-4-7(2)6-12-8(3)11-5-9(12)10(13)14/h5,7H,4,6H2,1-3H3,(H,13,14). The molecule has 1 unspecified atom stereocenters. The molecule has 0 saturated heterocycles. The lowest BCUT2D eigenvalue weighted by Crippen LogP contribution is -2.14. The fourth-order valence-corrected chi connectivity index (χ4v) is 1.31. The molecule has 1 heterocycles. The lowest BCUT2D eigenvalue weighted by molar-refractivity contribution is 0.0683. The lowest BCUT2D eigenvalue weighted by Gasteiger charge is -2.12. The van der Waals surface area contributed by atoms with E-state index in [2.05, 4.69) is 18.8 Å². The van der Waals surface area contributed by atoms with E-state index in [1.807, 2.05) is 6.92 Å². The fourth-order valence-electron chi connectivity index (χ4n) is 1.31. The first-order chi connectivity index (χ1) is 6.56. The number of hydrogen-bond donors (Lipinski definition) is 1. The summed E-state index contributed by atoms with van der Waals surface area (Å²) in [5.74, 6) is 0.331. The van der Waals surface area contributed by atoms with Gasteiger partial charge in [-0.05, 0) is 12.8 Å². The van der Waals surface area contributed by atoms with Crippen LogP contribution in [0.1, 0.15) is 36.6 Å². The van der Waals surface area contributed by atoms with Crippen LogP contribution in [-0.2, 0) is 6.54 Å². The van der Waals surface area contributed by atoms with Crippen molar-refractivity contribution >= 4 is 5.97 Å². The van der Waals surface area contributed by atoms with E-state index in [0.717, 1.165) is 18.8 Å². The van der Waals surface area contributed by atoms with E-state index in [1.54, 1.807) is 4.57 Å². The van der Waals surface area contributed by atoms with Gasteiger partial charge >= 0.3 is 5.97 Å².